The van der Waals surface area contributed by atoms with Gasteiger partial charge in [-0.2, -0.15) is 11.1 Å². The molecule has 1 aliphatic heterocycles. The largest absolute Gasteiger partial charge is 0.179 e. The maximum absolute atomic E-state index is 6.44. The summed E-state index contributed by atoms with van der Waals surface area (Å²) < 4.78 is 0. The van der Waals surface area contributed by atoms with Crippen LogP contribution in [-0.4, -0.2) is 7.38 Å². The molecule has 64 valence electrons. The quantitative estimate of drug-likeness (QED) is 0.466. The molecule has 0 aromatic heterocycles. The number of unbranched alkanes of at least 4 members (excludes halogenated alkanes) is 1. The van der Waals surface area contributed by atoms with Gasteiger partial charge in [-0.05, 0) is 18.9 Å². The van der Waals surface area contributed by atoms with Crippen LogP contribution in [0.15, 0.2) is 11.3 Å². The molecular formula is C9H17ClSi. The lowest BCUT2D eigenvalue weighted by Crippen LogP contribution is -2.21. The second-order valence-corrected chi connectivity index (χ2v) is 9.61. The average molecular weight is 189 g/mol. The van der Waals surface area contributed by atoms with E-state index in [0.717, 1.165) is 0 Å². The highest BCUT2D eigenvalue weighted by Crippen LogP contribution is 2.35. The summed E-state index contributed by atoms with van der Waals surface area (Å²) in [7, 11) is -1.37. The van der Waals surface area contributed by atoms with Gasteiger partial charge >= 0.3 is 0 Å². The van der Waals surface area contributed by atoms with Gasteiger partial charge in [-0.3, -0.25) is 0 Å². The van der Waals surface area contributed by atoms with E-state index in [0.29, 0.717) is 0 Å². The summed E-state index contributed by atoms with van der Waals surface area (Å²) in [6.45, 7) is 4.52. The zero-order chi connectivity index (χ0) is 8.32. The van der Waals surface area contributed by atoms with E-state index in [1.54, 1.807) is 5.20 Å². The summed E-state index contributed by atoms with van der Waals surface area (Å²) >= 11 is 6.44. The fourth-order valence-electron chi connectivity index (χ4n) is 1.62. The summed E-state index contributed by atoms with van der Waals surface area (Å²) in [6.07, 6.45) is 7.50. The molecule has 0 unspecified atom stereocenters. The minimum Gasteiger partial charge on any atom is -0.162 e. The monoisotopic (exact) mass is 188 g/mol. The van der Waals surface area contributed by atoms with Crippen molar-refractivity contribution in [2.75, 3.05) is 0 Å². The topological polar surface area (TPSA) is 0 Å². The molecule has 2 heteroatoms. The van der Waals surface area contributed by atoms with Gasteiger partial charge in [0, 0.05) is 0 Å². The maximum atomic E-state index is 6.44. The van der Waals surface area contributed by atoms with Crippen LogP contribution in [0.4, 0.5) is 0 Å². The van der Waals surface area contributed by atoms with Gasteiger partial charge in [0.1, 0.15) is 0 Å². The van der Waals surface area contributed by atoms with E-state index in [2.05, 4.69) is 19.5 Å². The molecule has 0 radical (unpaired) electrons. The van der Waals surface area contributed by atoms with Crippen molar-refractivity contribution >= 4 is 18.5 Å². The molecule has 1 rings (SSSR count). The Hall–Kier alpha value is 0.247. The Labute approximate surface area is 75.4 Å². The van der Waals surface area contributed by atoms with Gasteiger partial charge in [0.15, 0.2) is 7.38 Å². The van der Waals surface area contributed by atoms with E-state index in [1.807, 2.05) is 0 Å². The van der Waals surface area contributed by atoms with Gasteiger partial charge in [-0.15, -0.1) is 0 Å². The van der Waals surface area contributed by atoms with Gasteiger partial charge in [0.05, 0.1) is 0 Å². The van der Waals surface area contributed by atoms with Crippen molar-refractivity contribution < 1.29 is 0 Å². The van der Waals surface area contributed by atoms with Crippen LogP contribution < -0.4 is 0 Å². The first-order valence-corrected chi connectivity index (χ1v) is 8.27. The van der Waals surface area contributed by atoms with Crippen LogP contribution in [0.3, 0.4) is 0 Å². The lowest BCUT2D eigenvalue weighted by molar-refractivity contribution is 0.805. The second-order valence-electron chi connectivity index (χ2n) is 3.57. The first kappa shape index (κ1) is 9.34. The third-order valence-corrected chi connectivity index (χ3v) is 6.79. The molecule has 0 bridgehead atoms. The van der Waals surface area contributed by atoms with Crippen molar-refractivity contribution in [3.8, 4) is 0 Å². The summed E-state index contributed by atoms with van der Waals surface area (Å²) in [5.74, 6) is 0. The highest BCUT2D eigenvalue weighted by atomic mass is 35.6. The fourth-order valence-corrected chi connectivity index (χ4v) is 4.74. The molecule has 1 aliphatic rings. The van der Waals surface area contributed by atoms with Crippen molar-refractivity contribution in [3.05, 3.63) is 11.3 Å². The van der Waals surface area contributed by atoms with E-state index >= 15 is 0 Å². The number of halogens is 1. The minimum atomic E-state index is -1.37. The Morgan fingerprint density at radius 3 is 2.82 bits per heavy atom. The Balaban J connectivity index is 2.44. The second kappa shape index (κ2) is 3.77. The third-order valence-electron chi connectivity index (χ3n) is 2.47. The standard InChI is InChI=1S/C9H17ClSi/c1-3-4-6-9-7-5-8-11(9,2)10/h7H,3-6,8H2,1-2H3/t11-/m0/s1. The number of rotatable bonds is 3. The lowest BCUT2D eigenvalue weighted by atomic mass is 10.2. The zero-order valence-electron chi connectivity index (χ0n) is 7.49. The van der Waals surface area contributed by atoms with Crippen molar-refractivity contribution in [1.29, 1.82) is 0 Å². The molecule has 1 heterocycles. The van der Waals surface area contributed by atoms with E-state index in [1.165, 1.54) is 31.7 Å². The SMILES string of the molecule is CCCCC1=CCC[Si@]1(C)Cl. The molecule has 0 saturated heterocycles. The highest BCUT2D eigenvalue weighted by Gasteiger charge is 2.31. The zero-order valence-corrected chi connectivity index (χ0v) is 9.25. The molecule has 0 fully saturated rings. The molecule has 0 saturated carbocycles. The highest BCUT2D eigenvalue weighted by molar-refractivity contribution is 7.24. The van der Waals surface area contributed by atoms with Gasteiger partial charge in [0.25, 0.3) is 0 Å². The smallest absolute Gasteiger partial charge is 0.162 e. The van der Waals surface area contributed by atoms with Crippen LogP contribution in [-0.2, 0) is 0 Å². The lowest BCUT2D eigenvalue weighted by Gasteiger charge is -2.16. The van der Waals surface area contributed by atoms with Crippen molar-refractivity contribution in [2.24, 2.45) is 0 Å². The van der Waals surface area contributed by atoms with Gasteiger partial charge in [0.2, 0.25) is 0 Å². The Morgan fingerprint density at radius 2 is 2.36 bits per heavy atom. The van der Waals surface area contributed by atoms with Crippen LogP contribution >= 0.6 is 11.1 Å². The van der Waals surface area contributed by atoms with Crippen LogP contribution in [0, 0.1) is 0 Å². The number of allylic oxidation sites excluding steroid dienone is 2. The molecular weight excluding hydrogens is 172 g/mol. The van der Waals surface area contributed by atoms with Crippen molar-refractivity contribution in [1.82, 2.24) is 0 Å². The summed E-state index contributed by atoms with van der Waals surface area (Å²) in [5, 5.41) is 1.61. The molecule has 0 aliphatic carbocycles. The minimum absolute atomic E-state index is 1.24. The van der Waals surface area contributed by atoms with E-state index in [-0.39, 0.29) is 0 Å². The molecule has 0 amide bonds. The molecule has 0 spiro atoms. The van der Waals surface area contributed by atoms with Gasteiger partial charge in [-0.25, -0.2) is 0 Å². The summed E-state index contributed by atoms with van der Waals surface area (Å²) in [6, 6.07) is 1.27. The first-order valence-electron chi connectivity index (χ1n) is 4.55. The predicted molar refractivity (Wildman–Crippen MR) is 54.5 cm³/mol. The van der Waals surface area contributed by atoms with Crippen molar-refractivity contribution in [2.45, 2.75) is 45.2 Å². The Bertz CT molecular complexity index is 161. The van der Waals surface area contributed by atoms with Gasteiger partial charge in [-0.1, -0.05) is 37.6 Å². The molecule has 0 N–H and O–H groups in total. The summed E-state index contributed by atoms with van der Waals surface area (Å²) in [5.41, 5.74) is 0. The molecule has 0 aromatic rings. The molecule has 1 atom stereocenters. The van der Waals surface area contributed by atoms with E-state index < -0.39 is 7.38 Å². The van der Waals surface area contributed by atoms with E-state index in [9.17, 15) is 0 Å². The van der Waals surface area contributed by atoms with Crippen LogP contribution in [0.2, 0.25) is 12.6 Å². The van der Waals surface area contributed by atoms with E-state index in [4.69, 9.17) is 11.1 Å². The summed E-state index contributed by atoms with van der Waals surface area (Å²) in [4.78, 5) is 0. The predicted octanol–water partition coefficient (Wildman–Crippen LogP) is 3.86. The fraction of sp³-hybridized carbons (Fsp3) is 0.778. The average Bonchev–Trinajstić information content (AvgIpc) is 2.25. The number of hydrogen-bond acceptors (Lipinski definition) is 0. The van der Waals surface area contributed by atoms with Crippen LogP contribution in [0.5, 0.6) is 0 Å². The normalized spacial score (nSPS) is 30.6. The molecule has 0 aromatic carbocycles. The maximum Gasteiger partial charge on any atom is 0.179 e. The third kappa shape index (κ3) is 2.34. The Kier molecular flexibility index (Phi) is 3.20. The number of hydrogen-bond donors (Lipinski definition) is 0. The van der Waals surface area contributed by atoms with Crippen LogP contribution in [0.25, 0.3) is 0 Å². The van der Waals surface area contributed by atoms with Gasteiger partial charge < -0.3 is 0 Å². The van der Waals surface area contributed by atoms with Crippen LogP contribution in [0.1, 0.15) is 32.6 Å². The molecule has 11 heavy (non-hydrogen) atoms. The van der Waals surface area contributed by atoms with Crippen molar-refractivity contribution in [3.63, 3.8) is 0 Å². The first-order chi connectivity index (χ1) is 5.17. The molecule has 0 nitrogen and oxygen atoms in total. The Morgan fingerprint density at radius 1 is 1.64 bits per heavy atom.